The van der Waals surface area contributed by atoms with E-state index in [0.717, 1.165) is 22.3 Å². The molecule has 0 aliphatic carbocycles. The van der Waals surface area contributed by atoms with Crippen molar-refractivity contribution in [3.63, 3.8) is 0 Å². The van der Waals surface area contributed by atoms with Crippen LogP contribution < -0.4 is 0 Å². The number of halogens is 1. The van der Waals surface area contributed by atoms with Crippen molar-refractivity contribution in [1.82, 2.24) is 14.8 Å². The molecule has 3 aromatic rings. The number of aryl methyl sites for hydroxylation is 1. The zero-order chi connectivity index (χ0) is 12.0. The third-order valence-electron chi connectivity index (χ3n) is 2.90. The van der Waals surface area contributed by atoms with Crippen LogP contribution in [0.1, 0.15) is 5.69 Å². The van der Waals surface area contributed by atoms with Gasteiger partial charge in [-0.1, -0.05) is 11.6 Å². The van der Waals surface area contributed by atoms with Crippen molar-refractivity contribution in [2.45, 2.75) is 6.92 Å². The summed E-state index contributed by atoms with van der Waals surface area (Å²) in [6.45, 7) is 2.01. The predicted octanol–water partition coefficient (Wildman–Crippen LogP) is 3.19. The molecule has 0 fully saturated rings. The zero-order valence-electron chi connectivity index (χ0n) is 9.44. The number of furan rings is 1. The Kier molecular flexibility index (Phi) is 2.19. The van der Waals surface area contributed by atoms with Crippen molar-refractivity contribution in [1.29, 1.82) is 0 Å². The molecule has 0 spiro atoms. The third kappa shape index (κ3) is 1.52. The molecule has 0 atom stereocenters. The summed E-state index contributed by atoms with van der Waals surface area (Å²) in [5.74, 6) is 0. The quantitative estimate of drug-likeness (QED) is 0.663. The average molecular weight is 248 g/mol. The SMILES string of the molecule is Cc1c(-c2coc3cc(Cl)cnc23)cnn1C. The highest BCUT2D eigenvalue weighted by molar-refractivity contribution is 6.31. The van der Waals surface area contributed by atoms with E-state index in [0.29, 0.717) is 10.6 Å². The Morgan fingerprint density at radius 1 is 1.29 bits per heavy atom. The molecule has 3 heterocycles. The Morgan fingerprint density at radius 3 is 2.82 bits per heavy atom. The van der Waals surface area contributed by atoms with Gasteiger partial charge in [0.05, 0.1) is 11.2 Å². The van der Waals surface area contributed by atoms with Gasteiger partial charge in [0.15, 0.2) is 5.58 Å². The fourth-order valence-electron chi connectivity index (χ4n) is 1.85. The Hall–Kier alpha value is -1.81. The lowest BCUT2D eigenvalue weighted by molar-refractivity contribution is 0.616. The van der Waals surface area contributed by atoms with Gasteiger partial charge in [0.25, 0.3) is 0 Å². The molecule has 3 rings (SSSR count). The standard InChI is InChI=1S/C12H10ClN3O/c1-7-9(5-15-16(7)2)10-6-17-11-3-8(13)4-14-12(10)11/h3-6H,1-2H3. The van der Waals surface area contributed by atoms with Crippen LogP contribution in [0.3, 0.4) is 0 Å². The molecule has 0 aromatic carbocycles. The largest absolute Gasteiger partial charge is 0.462 e. The average Bonchev–Trinajstić information content (AvgIpc) is 2.84. The van der Waals surface area contributed by atoms with E-state index in [1.165, 1.54) is 0 Å². The molecule has 0 aliphatic rings. The second-order valence-electron chi connectivity index (χ2n) is 3.92. The highest BCUT2D eigenvalue weighted by Crippen LogP contribution is 2.31. The Balaban J connectivity index is 2.28. The molecule has 0 amide bonds. The fraction of sp³-hybridized carbons (Fsp3) is 0.167. The number of fused-ring (bicyclic) bond motifs is 1. The molecule has 0 N–H and O–H groups in total. The molecule has 4 nitrogen and oxygen atoms in total. The van der Waals surface area contributed by atoms with Crippen LogP contribution in [-0.2, 0) is 7.05 Å². The van der Waals surface area contributed by atoms with E-state index in [1.54, 1.807) is 18.5 Å². The first-order chi connectivity index (χ1) is 8.16. The van der Waals surface area contributed by atoms with Crippen LogP contribution >= 0.6 is 11.6 Å². The molecular formula is C12H10ClN3O. The summed E-state index contributed by atoms with van der Waals surface area (Å²) < 4.78 is 7.29. The zero-order valence-corrected chi connectivity index (χ0v) is 10.2. The second kappa shape index (κ2) is 3.60. The summed E-state index contributed by atoms with van der Waals surface area (Å²) >= 11 is 5.87. The van der Waals surface area contributed by atoms with Gasteiger partial charge in [0.2, 0.25) is 0 Å². The van der Waals surface area contributed by atoms with E-state index >= 15 is 0 Å². The number of hydrogen-bond acceptors (Lipinski definition) is 3. The first-order valence-electron chi connectivity index (χ1n) is 5.18. The number of pyridine rings is 1. The molecule has 0 bridgehead atoms. The van der Waals surface area contributed by atoms with Crippen molar-refractivity contribution in [3.05, 3.63) is 35.4 Å². The van der Waals surface area contributed by atoms with Gasteiger partial charge < -0.3 is 4.42 Å². The van der Waals surface area contributed by atoms with Gasteiger partial charge in [-0.05, 0) is 6.92 Å². The summed E-state index contributed by atoms with van der Waals surface area (Å²) in [5.41, 5.74) is 4.55. The van der Waals surface area contributed by atoms with E-state index in [4.69, 9.17) is 16.0 Å². The maximum Gasteiger partial charge on any atom is 0.154 e. The molecule has 17 heavy (non-hydrogen) atoms. The topological polar surface area (TPSA) is 43.9 Å². The van der Waals surface area contributed by atoms with E-state index < -0.39 is 0 Å². The van der Waals surface area contributed by atoms with E-state index in [2.05, 4.69) is 10.1 Å². The van der Waals surface area contributed by atoms with Crippen LogP contribution in [0.2, 0.25) is 5.02 Å². The van der Waals surface area contributed by atoms with Gasteiger partial charge in [-0.3, -0.25) is 9.67 Å². The van der Waals surface area contributed by atoms with E-state index in [1.807, 2.05) is 24.9 Å². The highest BCUT2D eigenvalue weighted by atomic mass is 35.5. The van der Waals surface area contributed by atoms with Crippen molar-refractivity contribution in [2.24, 2.45) is 7.05 Å². The molecule has 0 saturated carbocycles. The molecule has 5 heteroatoms. The Morgan fingerprint density at radius 2 is 2.12 bits per heavy atom. The summed E-state index contributed by atoms with van der Waals surface area (Å²) in [6.07, 6.45) is 5.13. The number of aromatic nitrogens is 3. The molecule has 3 aromatic heterocycles. The molecule has 86 valence electrons. The van der Waals surface area contributed by atoms with Gasteiger partial charge >= 0.3 is 0 Å². The molecule has 0 saturated heterocycles. The van der Waals surface area contributed by atoms with Crippen LogP contribution in [-0.4, -0.2) is 14.8 Å². The summed E-state index contributed by atoms with van der Waals surface area (Å²) in [7, 11) is 1.91. The van der Waals surface area contributed by atoms with Gasteiger partial charge in [-0.25, -0.2) is 0 Å². The van der Waals surface area contributed by atoms with Crippen LogP contribution in [0.25, 0.3) is 22.2 Å². The summed E-state index contributed by atoms with van der Waals surface area (Å²) in [6, 6.07) is 1.76. The van der Waals surface area contributed by atoms with Crippen molar-refractivity contribution < 1.29 is 4.42 Å². The van der Waals surface area contributed by atoms with Gasteiger partial charge in [0.1, 0.15) is 11.8 Å². The van der Waals surface area contributed by atoms with Gasteiger partial charge in [0, 0.05) is 36.1 Å². The minimum Gasteiger partial charge on any atom is -0.462 e. The smallest absolute Gasteiger partial charge is 0.154 e. The molecule has 0 aliphatic heterocycles. The Bertz CT molecular complexity index is 699. The van der Waals surface area contributed by atoms with Crippen LogP contribution in [0, 0.1) is 6.92 Å². The number of rotatable bonds is 1. The first-order valence-corrected chi connectivity index (χ1v) is 5.56. The van der Waals surface area contributed by atoms with Gasteiger partial charge in [-0.15, -0.1) is 0 Å². The highest BCUT2D eigenvalue weighted by Gasteiger charge is 2.14. The number of nitrogens with zero attached hydrogens (tertiary/aromatic N) is 3. The van der Waals surface area contributed by atoms with Crippen LogP contribution in [0.5, 0.6) is 0 Å². The molecular weight excluding hydrogens is 238 g/mol. The lowest BCUT2D eigenvalue weighted by Gasteiger charge is -1.97. The van der Waals surface area contributed by atoms with E-state index in [9.17, 15) is 0 Å². The second-order valence-corrected chi connectivity index (χ2v) is 4.35. The minimum atomic E-state index is 0.571. The molecule has 0 unspecified atom stereocenters. The normalized spacial score (nSPS) is 11.2. The van der Waals surface area contributed by atoms with Crippen molar-refractivity contribution in [2.75, 3.05) is 0 Å². The molecule has 0 radical (unpaired) electrons. The van der Waals surface area contributed by atoms with Crippen molar-refractivity contribution in [3.8, 4) is 11.1 Å². The monoisotopic (exact) mass is 247 g/mol. The maximum absolute atomic E-state index is 5.87. The van der Waals surface area contributed by atoms with Gasteiger partial charge in [-0.2, -0.15) is 5.10 Å². The van der Waals surface area contributed by atoms with Crippen LogP contribution in [0.15, 0.2) is 29.1 Å². The third-order valence-corrected chi connectivity index (χ3v) is 3.11. The maximum atomic E-state index is 5.87. The minimum absolute atomic E-state index is 0.571. The summed E-state index contributed by atoms with van der Waals surface area (Å²) in [4.78, 5) is 4.30. The van der Waals surface area contributed by atoms with Crippen molar-refractivity contribution >= 4 is 22.7 Å². The lowest BCUT2D eigenvalue weighted by Crippen LogP contribution is -1.92. The predicted molar refractivity (Wildman–Crippen MR) is 66.0 cm³/mol. The van der Waals surface area contributed by atoms with E-state index in [-0.39, 0.29) is 0 Å². The first kappa shape index (κ1) is 10.4. The van der Waals surface area contributed by atoms with Crippen LogP contribution in [0.4, 0.5) is 0 Å². The fourth-order valence-corrected chi connectivity index (χ4v) is 1.99. The number of hydrogen-bond donors (Lipinski definition) is 0. The lowest BCUT2D eigenvalue weighted by atomic mass is 10.1. The summed E-state index contributed by atoms with van der Waals surface area (Å²) in [5, 5.41) is 4.79. The Labute approximate surface area is 103 Å².